The Bertz CT molecular complexity index is 588. The van der Waals surface area contributed by atoms with Gasteiger partial charge in [0.2, 0.25) is 5.54 Å². The molecule has 108 valence electrons. The lowest BCUT2D eigenvalue weighted by Gasteiger charge is -2.28. The van der Waals surface area contributed by atoms with Gasteiger partial charge < -0.3 is 15.1 Å². The second-order valence-corrected chi connectivity index (χ2v) is 6.04. The third kappa shape index (κ3) is 1.80. The number of hydroxylamine groups is 3. The molecule has 1 aliphatic rings. The zero-order valence-electron chi connectivity index (χ0n) is 11.9. The van der Waals surface area contributed by atoms with Crippen LogP contribution in [0, 0.1) is 5.21 Å². The number of hydrogen-bond donors (Lipinski definition) is 2. The maximum atomic E-state index is 12.4. The van der Waals surface area contributed by atoms with E-state index in [2.05, 4.69) is 0 Å². The molecule has 1 heterocycles. The van der Waals surface area contributed by atoms with E-state index in [4.69, 9.17) is 0 Å². The fraction of sp³-hybridized carbons (Fsp3) is 0.429. The number of amidine groups is 1. The lowest BCUT2D eigenvalue weighted by Crippen LogP contribution is -3.19. The van der Waals surface area contributed by atoms with Crippen molar-refractivity contribution < 1.29 is 24.9 Å². The largest absolute Gasteiger partial charge is 0.619 e. The molecular weight excluding hydrogens is 260 g/mol. The first kappa shape index (κ1) is 14.5. The minimum atomic E-state index is -1.28. The van der Waals surface area contributed by atoms with E-state index in [-0.39, 0.29) is 16.5 Å². The van der Waals surface area contributed by atoms with Gasteiger partial charge in [-0.3, -0.25) is 0 Å². The molecule has 1 aromatic rings. The maximum Gasteiger partial charge on any atom is 0.414 e. The van der Waals surface area contributed by atoms with Crippen LogP contribution in [0.3, 0.4) is 0 Å². The van der Waals surface area contributed by atoms with Crippen molar-refractivity contribution in [1.29, 1.82) is 0 Å². The van der Waals surface area contributed by atoms with E-state index < -0.39 is 17.0 Å². The van der Waals surface area contributed by atoms with Gasteiger partial charge in [0, 0.05) is 27.7 Å². The highest BCUT2D eigenvalue weighted by Gasteiger charge is 2.63. The smallest absolute Gasteiger partial charge is 0.414 e. The molecule has 1 aliphatic heterocycles. The highest BCUT2D eigenvalue weighted by molar-refractivity contribution is 5.91. The number of carboxylic acids is 1. The summed E-state index contributed by atoms with van der Waals surface area (Å²) in [5.41, 5.74) is -0.972. The van der Waals surface area contributed by atoms with Crippen LogP contribution in [0.4, 0.5) is 0 Å². The Morgan fingerprint density at radius 3 is 2.05 bits per heavy atom. The lowest BCUT2D eigenvalue weighted by atomic mass is 9.84. The number of hydrogen-bond acceptors (Lipinski definition) is 4. The highest BCUT2D eigenvalue weighted by atomic mass is 16.5. The molecule has 0 aliphatic carbocycles. The van der Waals surface area contributed by atoms with Gasteiger partial charge >= 0.3 is 5.84 Å². The average Bonchev–Trinajstić information content (AvgIpc) is 2.49. The first-order valence-corrected chi connectivity index (χ1v) is 6.33. The van der Waals surface area contributed by atoms with E-state index in [1.54, 1.807) is 27.7 Å². The summed E-state index contributed by atoms with van der Waals surface area (Å²) in [5.74, 6) is -1.09. The van der Waals surface area contributed by atoms with Crippen LogP contribution in [-0.2, 0) is 0 Å². The van der Waals surface area contributed by atoms with Crippen molar-refractivity contribution in [3.05, 3.63) is 40.6 Å². The normalized spacial score (nSPS) is 23.9. The van der Waals surface area contributed by atoms with E-state index in [1.807, 2.05) is 0 Å². The summed E-state index contributed by atoms with van der Waals surface area (Å²) in [5, 5.41) is 33.5. The van der Waals surface area contributed by atoms with Crippen LogP contribution in [0.2, 0.25) is 0 Å². The molecule has 0 bridgehead atoms. The van der Waals surface area contributed by atoms with Crippen LogP contribution in [0.15, 0.2) is 24.3 Å². The van der Waals surface area contributed by atoms with Crippen LogP contribution < -0.4 is 10.2 Å². The molecule has 0 aromatic heterocycles. The molecule has 0 spiro atoms. The van der Waals surface area contributed by atoms with Crippen molar-refractivity contribution >= 4 is 11.8 Å². The number of aromatic carboxylic acids is 1. The van der Waals surface area contributed by atoms with Gasteiger partial charge in [0.05, 0.1) is 5.97 Å². The second-order valence-electron chi connectivity index (χ2n) is 6.04. The molecule has 0 radical (unpaired) electrons. The van der Waals surface area contributed by atoms with E-state index >= 15 is 0 Å². The van der Waals surface area contributed by atoms with Crippen molar-refractivity contribution in [3.63, 3.8) is 0 Å². The molecule has 1 unspecified atom stereocenters. The van der Waals surface area contributed by atoms with Crippen molar-refractivity contribution in [2.75, 3.05) is 0 Å². The molecule has 2 N–H and O–H groups in total. The summed E-state index contributed by atoms with van der Waals surface area (Å²) >= 11 is 0. The quantitative estimate of drug-likeness (QED) is 0.545. The predicted octanol–water partition coefficient (Wildman–Crippen LogP) is -0.848. The minimum Gasteiger partial charge on any atom is -0.619 e. The SMILES string of the molecule is CC1(C)[N+]([O-])=C(c2ccc(C(=O)[O-])cc2)[NH+](O)C1(C)C. The first-order chi connectivity index (χ1) is 9.10. The van der Waals surface area contributed by atoms with Crippen LogP contribution in [0.25, 0.3) is 0 Å². The standard InChI is InChI=1S/C14H18N2O4/c1-13(2)14(3,4)16(20)11(15(13)19)9-5-7-10(8-6-9)12(17)18/h5-8,19H,1-4H3,(H,17,18). The van der Waals surface area contributed by atoms with Crippen LogP contribution in [0.1, 0.15) is 43.6 Å². The molecule has 0 saturated carbocycles. The minimum absolute atomic E-state index is 0.0127. The average molecular weight is 278 g/mol. The summed E-state index contributed by atoms with van der Waals surface area (Å²) < 4.78 is 0.788. The summed E-state index contributed by atoms with van der Waals surface area (Å²) in [6.07, 6.45) is 0. The molecule has 0 amide bonds. The Kier molecular flexibility index (Phi) is 3.11. The first-order valence-electron chi connectivity index (χ1n) is 6.33. The Hall–Kier alpha value is -1.92. The number of carbonyl (C=O) groups is 1. The van der Waals surface area contributed by atoms with E-state index in [0.717, 1.165) is 4.74 Å². The number of carboxylic acid groups (broad SMARTS) is 1. The zero-order valence-corrected chi connectivity index (χ0v) is 11.9. The Morgan fingerprint density at radius 1 is 1.20 bits per heavy atom. The zero-order chi connectivity index (χ0) is 15.3. The molecule has 1 aromatic carbocycles. The monoisotopic (exact) mass is 278 g/mol. The highest BCUT2D eigenvalue weighted by Crippen LogP contribution is 2.26. The molecule has 0 saturated heterocycles. The maximum absolute atomic E-state index is 12.4. The molecule has 1 atom stereocenters. The van der Waals surface area contributed by atoms with Crippen LogP contribution >= 0.6 is 0 Å². The number of quaternary nitrogens is 1. The third-order valence-corrected chi connectivity index (χ3v) is 4.45. The second kappa shape index (κ2) is 4.29. The molecule has 20 heavy (non-hydrogen) atoms. The fourth-order valence-corrected chi connectivity index (χ4v) is 2.23. The lowest BCUT2D eigenvalue weighted by molar-refractivity contribution is -1.05. The molecular formula is C14H18N2O4. The fourth-order valence-electron chi connectivity index (χ4n) is 2.23. The summed E-state index contributed by atoms with van der Waals surface area (Å²) in [4.78, 5) is 10.7. The Labute approximate surface area is 117 Å². The van der Waals surface area contributed by atoms with Gasteiger partial charge in [-0.2, -0.15) is 0 Å². The predicted molar refractivity (Wildman–Crippen MR) is 69.4 cm³/mol. The van der Waals surface area contributed by atoms with Gasteiger partial charge in [-0.25, -0.2) is 5.21 Å². The van der Waals surface area contributed by atoms with Gasteiger partial charge in [0.1, 0.15) is 5.56 Å². The Morgan fingerprint density at radius 2 is 1.70 bits per heavy atom. The van der Waals surface area contributed by atoms with E-state index in [9.17, 15) is 20.3 Å². The van der Waals surface area contributed by atoms with Gasteiger partial charge in [0.15, 0.2) is 5.54 Å². The van der Waals surface area contributed by atoms with Gasteiger partial charge in [0.25, 0.3) is 0 Å². The van der Waals surface area contributed by atoms with Crippen molar-refractivity contribution in [3.8, 4) is 0 Å². The number of rotatable bonds is 2. The van der Waals surface area contributed by atoms with E-state index in [0.29, 0.717) is 5.56 Å². The number of nitrogens with one attached hydrogen (secondary N) is 1. The van der Waals surface area contributed by atoms with E-state index in [1.165, 1.54) is 24.3 Å². The third-order valence-electron chi connectivity index (χ3n) is 4.45. The molecule has 6 nitrogen and oxygen atoms in total. The number of carbonyl (C=O) groups excluding carboxylic acids is 1. The van der Waals surface area contributed by atoms with Crippen molar-refractivity contribution in [2.45, 2.75) is 38.8 Å². The number of nitrogens with zero attached hydrogens (tertiary/aromatic N) is 1. The molecule has 2 rings (SSSR count). The van der Waals surface area contributed by atoms with Gasteiger partial charge in [-0.15, -0.1) is 4.74 Å². The molecule has 0 fully saturated rings. The summed E-state index contributed by atoms with van der Waals surface area (Å²) in [6.45, 7) is 7.13. The summed E-state index contributed by atoms with van der Waals surface area (Å²) in [6, 6.07) is 5.71. The van der Waals surface area contributed by atoms with Gasteiger partial charge in [-0.05, 0) is 17.7 Å². The topological polar surface area (TPSA) is 90.9 Å². The van der Waals surface area contributed by atoms with Crippen LogP contribution in [0.5, 0.6) is 0 Å². The van der Waals surface area contributed by atoms with Crippen molar-refractivity contribution in [2.24, 2.45) is 0 Å². The summed E-state index contributed by atoms with van der Waals surface area (Å²) in [7, 11) is 0. The van der Waals surface area contributed by atoms with Crippen molar-refractivity contribution in [1.82, 2.24) is 0 Å². The molecule has 6 heteroatoms. The Balaban J connectivity index is 2.52. The van der Waals surface area contributed by atoms with Crippen LogP contribution in [-0.4, -0.2) is 32.8 Å². The number of benzene rings is 1. The van der Waals surface area contributed by atoms with Gasteiger partial charge in [-0.1, -0.05) is 17.2 Å².